The molecule has 1 heterocycles. The molecule has 1 aromatic carbocycles. The minimum atomic E-state index is 0.645. The Morgan fingerprint density at radius 3 is 2.94 bits per heavy atom. The number of nitrogens with zero attached hydrogens (tertiary/aromatic N) is 1. The zero-order valence-corrected chi connectivity index (χ0v) is 9.39. The second-order valence-electron chi connectivity index (χ2n) is 3.42. The molecule has 0 amide bonds. The third kappa shape index (κ3) is 1.87. The monoisotopic (exact) mass is 213 g/mol. The van der Waals surface area contributed by atoms with E-state index in [-0.39, 0.29) is 0 Å². The van der Waals surface area contributed by atoms with Crippen molar-refractivity contribution in [1.82, 2.24) is 4.57 Å². The Labute approximate surface area is 95.5 Å². The molecule has 1 aromatic heterocycles. The van der Waals surface area contributed by atoms with Crippen LogP contribution in [0.1, 0.15) is 6.92 Å². The highest BCUT2D eigenvalue weighted by molar-refractivity contribution is 5.82. The zero-order valence-electron chi connectivity index (χ0n) is 9.39. The predicted octanol–water partition coefficient (Wildman–Crippen LogP) is 3.66. The highest BCUT2D eigenvalue weighted by Crippen LogP contribution is 2.20. The Morgan fingerprint density at radius 1 is 1.38 bits per heavy atom. The van der Waals surface area contributed by atoms with Crippen molar-refractivity contribution in [3.8, 4) is 0 Å². The lowest BCUT2D eigenvalue weighted by atomic mass is 10.2. The molecule has 2 aromatic rings. The first-order valence-electron chi connectivity index (χ1n) is 5.38. The molecule has 2 rings (SSSR count). The molecule has 0 N–H and O–H groups in total. The van der Waals surface area contributed by atoms with Crippen LogP contribution in [0, 0.1) is 0 Å². The molecule has 0 aliphatic heterocycles. The van der Waals surface area contributed by atoms with E-state index in [1.165, 1.54) is 5.39 Å². The van der Waals surface area contributed by atoms with Crippen LogP contribution in [-0.4, -0.2) is 11.2 Å². The summed E-state index contributed by atoms with van der Waals surface area (Å²) in [6.45, 7) is 6.32. The van der Waals surface area contributed by atoms with Crippen molar-refractivity contribution in [2.45, 2.75) is 6.92 Å². The average molecular weight is 213 g/mol. The highest BCUT2D eigenvalue weighted by atomic mass is 16.5. The first-order chi connectivity index (χ1) is 7.86. The molecular weight excluding hydrogens is 198 g/mol. The Balaban J connectivity index is 2.52. The maximum absolute atomic E-state index is 5.59. The summed E-state index contributed by atoms with van der Waals surface area (Å²) in [6.07, 6.45) is 5.62. The van der Waals surface area contributed by atoms with Crippen LogP contribution in [0.2, 0.25) is 0 Å². The van der Waals surface area contributed by atoms with Crippen molar-refractivity contribution in [1.29, 1.82) is 0 Å². The number of allylic oxidation sites excluding steroid dienone is 2. The van der Waals surface area contributed by atoms with Gasteiger partial charge in [-0.15, -0.1) is 0 Å². The quantitative estimate of drug-likeness (QED) is 0.558. The number of fused-ring (bicyclic) bond motifs is 1. The minimum Gasteiger partial charge on any atom is -0.479 e. The van der Waals surface area contributed by atoms with Gasteiger partial charge in [-0.1, -0.05) is 30.9 Å². The van der Waals surface area contributed by atoms with Gasteiger partial charge in [0, 0.05) is 11.6 Å². The van der Waals surface area contributed by atoms with Crippen LogP contribution in [-0.2, 0) is 4.74 Å². The maximum atomic E-state index is 5.59. The van der Waals surface area contributed by atoms with E-state index in [0.717, 1.165) is 11.4 Å². The van der Waals surface area contributed by atoms with E-state index in [9.17, 15) is 0 Å². The summed E-state index contributed by atoms with van der Waals surface area (Å²) < 4.78 is 7.62. The summed E-state index contributed by atoms with van der Waals surface area (Å²) in [6, 6.07) is 10.3. The average Bonchev–Trinajstić information content (AvgIpc) is 2.72. The van der Waals surface area contributed by atoms with E-state index in [0.29, 0.717) is 6.61 Å². The van der Waals surface area contributed by atoms with Crippen LogP contribution >= 0.6 is 0 Å². The van der Waals surface area contributed by atoms with E-state index < -0.39 is 0 Å². The van der Waals surface area contributed by atoms with E-state index >= 15 is 0 Å². The van der Waals surface area contributed by atoms with E-state index in [2.05, 4.69) is 24.8 Å². The zero-order chi connectivity index (χ0) is 11.4. The molecule has 0 saturated heterocycles. The van der Waals surface area contributed by atoms with Gasteiger partial charge >= 0.3 is 0 Å². The predicted molar refractivity (Wildman–Crippen MR) is 68.0 cm³/mol. The Morgan fingerprint density at radius 2 is 2.19 bits per heavy atom. The second kappa shape index (κ2) is 4.71. The fourth-order valence-corrected chi connectivity index (χ4v) is 1.72. The van der Waals surface area contributed by atoms with Gasteiger partial charge in [0.25, 0.3) is 0 Å². The van der Waals surface area contributed by atoms with E-state index in [1.54, 1.807) is 6.08 Å². The van der Waals surface area contributed by atoms with Crippen molar-refractivity contribution in [2.75, 3.05) is 6.61 Å². The third-order valence-electron chi connectivity index (χ3n) is 2.39. The summed E-state index contributed by atoms with van der Waals surface area (Å²) in [5.74, 6) is 0.804. The topological polar surface area (TPSA) is 14.2 Å². The Kier molecular flexibility index (Phi) is 3.10. The molecule has 0 aliphatic carbocycles. The molecule has 0 fully saturated rings. The van der Waals surface area contributed by atoms with Gasteiger partial charge in [0.2, 0.25) is 0 Å². The fourth-order valence-electron chi connectivity index (χ4n) is 1.72. The van der Waals surface area contributed by atoms with Gasteiger partial charge in [-0.2, -0.15) is 0 Å². The smallest absolute Gasteiger partial charge is 0.197 e. The number of hydrogen-bond donors (Lipinski definition) is 0. The van der Waals surface area contributed by atoms with Crippen LogP contribution in [0.4, 0.5) is 0 Å². The summed E-state index contributed by atoms with van der Waals surface area (Å²) >= 11 is 0. The standard InChI is InChI=1S/C14H15NO/c1-3-7-14(16-4-2)15-11-10-12-8-5-6-9-13(12)15/h3,5-11H,1,4H2,2H3/b14-7+. The van der Waals surface area contributed by atoms with Crippen LogP contribution < -0.4 is 0 Å². The van der Waals surface area contributed by atoms with Gasteiger partial charge in [-0.25, -0.2) is 0 Å². The summed E-state index contributed by atoms with van der Waals surface area (Å²) in [4.78, 5) is 0. The van der Waals surface area contributed by atoms with Gasteiger partial charge < -0.3 is 4.74 Å². The third-order valence-corrected chi connectivity index (χ3v) is 2.39. The largest absolute Gasteiger partial charge is 0.479 e. The van der Waals surface area contributed by atoms with Crippen molar-refractivity contribution in [2.24, 2.45) is 0 Å². The number of benzene rings is 1. The van der Waals surface area contributed by atoms with E-state index in [1.807, 2.05) is 35.9 Å². The fraction of sp³-hybridized carbons (Fsp3) is 0.143. The SMILES string of the molecule is C=C/C=C(/OCC)n1ccc2ccccc21. The van der Waals surface area contributed by atoms with Gasteiger partial charge in [-0.05, 0) is 25.1 Å². The second-order valence-corrected chi connectivity index (χ2v) is 3.42. The first kappa shape index (κ1) is 10.6. The first-order valence-corrected chi connectivity index (χ1v) is 5.38. The molecule has 2 nitrogen and oxygen atoms in total. The van der Waals surface area contributed by atoms with Gasteiger partial charge in [0.1, 0.15) is 0 Å². The van der Waals surface area contributed by atoms with Crippen molar-refractivity contribution < 1.29 is 4.74 Å². The van der Waals surface area contributed by atoms with Crippen LogP contribution in [0.15, 0.2) is 55.3 Å². The lowest BCUT2D eigenvalue weighted by Crippen LogP contribution is -1.99. The van der Waals surface area contributed by atoms with Crippen LogP contribution in [0.3, 0.4) is 0 Å². The molecule has 0 radical (unpaired) electrons. The summed E-state index contributed by atoms with van der Waals surface area (Å²) in [7, 11) is 0. The number of hydrogen-bond acceptors (Lipinski definition) is 1. The number of para-hydroxylation sites is 1. The molecule has 0 aliphatic rings. The number of ether oxygens (including phenoxy) is 1. The van der Waals surface area contributed by atoms with Crippen molar-refractivity contribution in [3.63, 3.8) is 0 Å². The molecule has 0 unspecified atom stereocenters. The molecule has 82 valence electrons. The van der Waals surface area contributed by atoms with Gasteiger partial charge in [0.15, 0.2) is 5.88 Å². The lowest BCUT2D eigenvalue weighted by Gasteiger charge is -2.10. The molecule has 2 heteroatoms. The van der Waals surface area contributed by atoms with Crippen LogP contribution in [0.25, 0.3) is 16.8 Å². The molecule has 0 saturated carbocycles. The van der Waals surface area contributed by atoms with E-state index in [4.69, 9.17) is 4.74 Å². The Bertz CT molecular complexity index is 522. The number of rotatable bonds is 4. The highest BCUT2D eigenvalue weighted by Gasteiger charge is 2.04. The summed E-state index contributed by atoms with van der Waals surface area (Å²) in [5, 5.41) is 1.21. The molecule has 0 spiro atoms. The van der Waals surface area contributed by atoms with Crippen LogP contribution in [0.5, 0.6) is 0 Å². The lowest BCUT2D eigenvalue weighted by molar-refractivity contribution is 0.279. The molecule has 0 bridgehead atoms. The minimum absolute atomic E-state index is 0.645. The van der Waals surface area contributed by atoms with Gasteiger partial charge in [-0.3, -0.25) is 4.57 Å². The van der Waals surface area contributed by atoms with Crippen molar-refractivity contribution in [3.05, 3.63) is 55.3 Å². The maximum Gasteiger partial charge on any atom is 0.197 e. The summed E-state index contributed by atoms with van der Waals surface area (Å²) in [5.41, 5.74) is 1.14. The van der Waals surface area contributed by atoms with Gasteiger partial charge in [0.05, 0.1) is 12.1 Å². The molecule has 0 atom stereocenters. The molecule has 16 heavy (non-hydrogen) atoms. The number of aromatic nitrogens is 1. The Hall–Kier alpha value is -1.96. The van der Waals surface area contributed by atoms with Crippen molar-refractivity contribution >= 4 is 16.8 Å². The normalized spacial score (nSPS) is 11.7. The molecular formula is C14H15NO.